The highest BCUT2D eigenvalue weighted by atomic mass is 32.2. The highest BCUT2D eigenvalue weighted by molar-refractivity contribution is 8.00. The minimum atomic E-state index is -0.351. The molecule has 1 amide bonds. The summed E-state index contributed by atoms with van der Waals surface area (Å²) in [6, 6.07) is 14.1. The Morgan fingerprint density at radius 3 is 2.66 bits per heavy atom. The van der Waals surface area contributed by atoms with Crippen molar-refractivity contribution in [2.75, 3.05) is 5.32 Å². The van der Waals surface area contributed by atoms with Gasteiger partial charge in [-0.3, -0.25) is 4.79 Å². The number of rotatable bonds is 7. The molecule has 2 unspecified atom stereocenters. The molecule has 0 aliphatic rings. The Kier molecular flexibility index (Phi) is 6.69. The van der Waals surface area contributed by atoms with E-state index in [1.165, 1.54) is 17.3 Å². The molecule has 29 heavy (non-hydrogen) atoms. The Morgan fingerprint density at radius 2 is 1.93 bits per heavy atom. The number of hydrogen-bond acceptors (Lipinski definition) is 5. The van der Waals surface area contributed by atoms with Crippen LogP contribution in [0.5, 0.6) is 0 Å². The first-order valence-electron chi connectivity index (χ1n) is 9.83. The number of benzene rings is 2. The first-order valence-corrected chi connectivity index (χ1v) is 10.7. The number of nitrogens with one attached hydrogen (secondary N) is 1. The Balaban J connectivity index is 1.76. The standard InChI is InChI=1S/C22H27N5OS/c1-6-15(3)18-9-7-8-10-19(18)23-21(28)17(5)29-22-24-25-26-27(22)20-12-11-14(2)13-16(20)4/h7-13,15,17H,6H2,1-5H3,(H,23,28). The number of para-hydroxylation sites is 1. The van der Waals surface area contributed by atoms with Crippen LogP contribution in [0.2, 0.25) is 0 Å². The van der Waals surface area contributed by atoms with Crippen LogP contribution in [0.15, 0.2) is 47.6 Å². The Bertz CT molecular complexity index is 1000. The summed E-state index contributed by atoms with van der Waals surface area (Å²) in [4.78, 5) is 12.9. The molecular formula is C22H27N5OS. The van der Waals surface area contributed by atoms with Crippen molar-refractivity contribution in [3.8, 4) is 5.69 Å². The summed E-state index contributed by atoms with van der Waals surface area (Å²) in [5.74, 6) is 0.312. The lowest BCUT2D eigenvalue weighted by molar-refractivity contribution is -0.115. The predicted molar refractivity (Wildman–Crippen MR) is 118 cm³/mol. The van der Waals surface area contributed by atoms with Gasteiger partial charge in [-0.25, -0.2) is 0 Å². The lowest BCUT2D eigenvalue weighted by atomic mass is 9.97. The number of carbonyl (C=O) groups excluding carboxylic acids is 1. The fourth-order valence-corrected chi connectivity index (χ4v) is 3.95. The Hall–Kier alpha value is -2.67. The van der Waals surface area contributed by atoms with E-state index >= 15 is 0 Å². The summed E-state index contributed by atoms with van der Waals surface area (Å²) >= 11 is 1.35. The van der Waals surface area contributed by atoms with Crippen molar-refractivity contribution in [2.45, 2.75) is 57.4 Å². The summed E-state index contributed by atoms with van der Waals surface area (Å²) in [6.45, 7) is 10.3. The van der Waals surface area contributed by atoms with Crippen molar-refractivity contribution < 1.29 is 4.79 Å². The third-order valence-corrected chi connectivity index (χ3v) is 6.07. The molecule has 1 N–H and O–H groups in total. The fourth-order valence-electron chi connectivity index (χ4n) is 3.15. The van der Waals surface area contributed by atoms with Crippen LogP contribution >= 0.6 is 11.8 Å². The first-order chi connectivity index (χ1) is 13.9. The molecule has 0 saturated carbocycles. The van der Waals surface area contributed by atoms with Crippen molar-refractivity contribution in [3.05, 3.63) is 59.2 Å². The minimum Gasteiger partial charge on any atom is -0.325 e. The number of aryl methyl sites for hydroxylation is 2. The van der Waals surface area contributed by atoms with Gasteiger partial charge in [0.25, 0.3) is 0 Å². The van der Waals surface area contributed by atoms with Gasteiger partial charge in [0, 0.05) is 5.69 Å². The molecule has 0 fully saturated rings. The molecular weight excluding hydrogens is 382 g/mol. The van der Waals surface area contributed by atoms with Crippen LogP contribution in [0.4, 0.5) is 5.69 Å². The van der Waals surface area contributed by atoms with Gasteiger partial charge >= 0.3 is 0 Å². The molecule has 3 rings (SSSR count). The zero-order valence-electron chi connectivity index (χ0n) is 17.5. The lowest BCUT2D eigenvalue weighted by Crippen LogP contribution is -2.23. The minimum absolute atomic E-state index is 0.0686. The smallest absolute Gasteiger partial charge is 0.237 e. The summed E-state index contributed by atoms with van der Waals surface area (Å²) in [5.41, 5.74) is 5.20. The Labute approximate surface area is 176 Å². The highest BCUT2D eigenvalue weighted by Crippen LogP contribution is 2.29. The monoisotopic (exact) mass is 409 g/mol. The maximum absolute atomic E-state index is 12.9. The quantitative estimate of drug-likeness (QED) is 0.561. The molecule has 0 aliphatic heterocycles. The zero-order valence-corrected chi connectivity index (χ0v) is 18.3. The summed E-state index contributed by atoms with van der Waals surface area (Å²) in [7, 11) is 0. The van der Waals surface area contributed by atoms with E-state index < -0.39 is 0 Å². The van der Waals surface area contributed by atoms with Crippen molar-refractivity contribution in [2.24, 2.45) is 0 Å². The van der Waals surface area contributed by atoms with E-state index in [2.05, 4.69) is 53.7 Å². The maximum atomic E-state index is 12.9. The third-order valence-electron chi connectivity index (χ3n) is 5.03. The summed E-state index contributed by atoms with van der Waals surface area (Å²) in [6.07, 6.45) is 1.02. The number of aromatic nitrogens is 4. The SMILES string of the molecule is CCC(C)c1ccccc1NC(=O)C(C)Sc1nnnn1-c1ccc(C)cc1C. The van der Waals surface area contributed by atoms with Gasteiger partial charge in [0.1, 0.15) is 0 Å². The molecule has 0 saturated heterocycles. The van der Waals surface area contributed by atoms with Crippen LogP contribution in [0.1, 0.15) is 49.8 Å². The van der Waals surface area contributed by atoms with Crippen LogP contribution in [-0.2, 0) is 4.79 Å². The van der Waals surface area contributed by atoms with Gasteiger partial charge in [0.2, 0.25) is 11.1 Å². The average Bonchev–Trinajstić information content (AvgIpc) is 3.15. The van der Waals surface area contributed by atoms with Crippen LogP contribution < -0.4 is 5.32 Å². The van der Waals surface area contributed by atoms with Crippen LogP contribution in [0.3, 0.4) is 0 Å². The molecule has 1 aromatic heterocycles. The van der Waals surface area contributed by atoms with Crippen molar-refractivity contribution in [1.29, 1.82) is 0 Å². The number of tetrazole rings is 1. The predicted octanol–water partition coefficient (Wildman–Crippen LogP) is 4.91. The van der Waals surface area contributed by atoms with Crippen molar-refractivity contribution in [1.82, 2.24) is 20.2 Å². The molecule has 2 aromatic carbocycles. The number of thioether (sulfide) groups is 1. The first kappa shape index (κ1) is 21.0. The van der Waals surface area contributed by atoms with Crippen molar-refractivity contribution in [3.63, 3.8) is 0 Å². The van der Waals surface area contributed by atoms with Crippen molar-refractivity contribution >= 4 is 23.4 Å². The number of nitrogens with zero attached hydrogens (tertiary/aromatic N) is 4. The van der Waals surface area contributed by atoms with E-state index in [9.17, 15) is 4.79 Å². The average molecular weight is 410 g/mol. The summed E-state index contributed by atoms with van der Waals surface area (Å²) < 4.78 is 1.69. The number of carbonyl (C=O) groups is 1. The van der Waals surface area contributed by atoms with Gasteiger partial charge < -0.3 is 5.32 Å². The molecule has 2 atom stereocenters. The molecule has 1 heterocycles. The van der Waals surface area contributed by atoms with Crippen LogP contribution in [-0.4, -0.2) is 31.4 Å². The second kappa shape index (κ2) is 9.22. The van der Waals surface area contributed by atoms with Gasteiger partial charge in [-0.2, -0.15) is 4.68 Å². The maximum Gasteiger partial charge on any atom is 0.237 e. The van der Waals surface area contributed by atoms with Gasteiger partial charge in [0.05, 0.1) is 10.9 Å². The second-order valence-electron chi connectivity index (χ2n) is 7.31. The fraction of sp³-hybridized carbons (Fsp3) is 0.364. The number of hydrogen-bond donors (Lipinski definition) is 1. The van der Waals surface area contributed by atoms with E-state index in [1.54, 1.807) is 4.68 Å². The summed E-state index contributed by atoms with van der Waals surface area (Å²) in [5, 5.41) is 15.4. The highest BCUT2D eigenvalue weighted by Gasteiger charge is 2.21. The van der Waals surface area contributed by atoms with E-state index in [0.29, 0.717) is 11.1 Å². The second-order valence-corrected chi connectivity index (χ2v) is 8.62. The lowest BCUT2D eigenvalue weighted by Gasteiger charge is -2.17. The van der Waals surface area contributed by atoms with Crippen LogP contribution in [0.25, 0.3) is 5.69 Å². The molecule has 3 aromatic rings. The van der Waals surface area contributed by atoms with Gasteiger partial charge in [-0.15, -0.1) is 5.10 Å². The van der Waals surface area contributed by atoms with E-state index in [0.717, 1.165) is 28.9 Å². The molecule has 7 heteroatoms. The van der Waals surface area contributed by atoms with Gasteiger partial charge in [-0.05, 0) is 66.8 Å². The van der Waals surface area contributed by atoms with E-state index in [-0.39, 0.29) is 11.2 Å². The molecule has 6 nitrogen and oxygen atoms in total. The van der Waals surface area contributed by atoms with Crippen LogP contribution in [0, 0.1) is 13.8 Å². The number of amides is 1. The largest absolute Gasteiger partial charge is 0.325 e. The Morgan fingerprint density at radius 1 is 1.17 bits per heavy atom. The molecule has 0 bridgehead atoms. The van der Waals surface area contributed by atoms with Gasteiger partial charge in [-0.1, -0.05) is 61.5 Å². The molecule has 152 valence electrons. The third kappa shape index (κ3) is 4.85. The van der Waals surface area contributed by atoms with E-state index in [4.69, 9.17) is 0 Å². The van der Waals surface area contributed by atoms with E-state index in [1.807, 2.05) is 44.2 Å². The normalized spacial score (nSPS) is 13.1. The molecule has 0 spiro atoms. The topological polar surface area (TPSA) is 72.7 Å². The zero-order chi connectivity index (χ0) is 21.0. The molecule has 0 radical (unpaired) electrons. The number of anilines is 1. The van der Waals surface area contributed by atoms with Gasteiger partial charge in [0.15, 0.2) is 0 Å². The molecule has 0 aliphatic carbocycles.